The van der Waals surface area contributed by atoms with Gasteiger partial charge in [-0.05, 0) is 41.3 Å². The second-order valence-corrected chi connectivity index (χ2v) is 5.59. The Balaban J connectivity index is 1.60. The minimum atomic E-state index is -0.279. The molecule has 2 aromatic rings. The van der Waals surface area contributed by atoms with Crippen molar-refractivity contribution < 1.29 is 9.53 Å². The van der Waals surface area contributed by atoms with E-state index >= 15 is 0 Å². The van der Waals surface area contributed by atoms with Gasteiger partial charge in [-0.15, -0.1) is 0 Å². The summed E-state index contributed by atoms with van der Waals surface area (Å²) in [5.74, 6) is -0.279. The number of anilines is 1. The third kappa shape index (κ3) is 2.81. The zero-order chi connectivity index (χ0) is 13.2. The highest BCUT2D eigenvalue weighted by molar-refractivity contribution is 7.07. The summed E-state index contributed by atoms with van der Waals surface area (Å²) >= 11 is 1.65. The first-order valence-corrected chi connectivity index (χ1v) is 7.34. The van der Waals surface area contributed by atoms with Crippen LogP contribution in [-0.2, 0) is 11.2 Å². The number of nitrogens with two attached hydrogens (primary N) is 1. The molecule has 1 saturated carbocycles. The Morgan fingerprint density at radius 3 is 3.05 bits per heavy atom. The summed E-state index contributed by atoms with van der Waals surface area (Å²) in [7, 11) is 0. The molecule has 0 spiro atoms. The van der Waals surface area contributed by atoms with Gasteiger partial charge in [0.2, 0.25) is 0 Å². The lowest BCUT2D eigenvalue weighted by molar-refractivity contribution is 0.0496. The van der Waals surface area contributed by atoms with Crippen molar-refractivity contribution in [3.05, 3.63) is 40.3 Å². The van der Waals surface area contributed by atoms with E-state index in [9.17, 15) is 4.79 Å². The number of ether oxygens (including phenoxy) is 1. The normalized spacial score (nSPS) is 14.5. The summed E-state index contributed by atoms with van der Waals surface area (Å²) in [6.45, 7) is 0.408. The maximum Gasteiger partial charge on any atom is 0.355 e. The van der Waals surface area contributed by atoms with E-state index in [1.54, 1.807) is 17.4 Å². The van der Waals surface area contributed by atoms with Crippen molar-refractivity contribution in [1.82, 2.24) is 4.57 Å². The molecule has 0 radical (unpaired) electrons. The van der Waals surface area contributed by atoms with Gasteiger partial charge >= 0.3 is 5.97 Å². The van der Waals surface area contributed by atoms with Crippen molar-refractivity contribution in [1.29, 1.82) is 0 Å². The average molecular weight is 276 g/mol. The SMILES string of the molecule is Nc1cc(C(=O)OCCc2ccsc2)n(C2CC2)c1. The number of carbonyl (C=O) groups excluding carboxylic acids is 1. The molecule has 0 unspecified atom stereocenters. The number of hydrogen-bond acceptors (Lipinski definition) is 4. The third-order valence-electron chi connectivity index (χ3n) is 3.22. The van der Waals surface area contributed by atoms with E-state index < -0.39 is 0 Å². The molecule has 0 aromatic carbocycles. The van der Waals surface area contributed by atoms with Crippen LogP contribution in [0.2, 0.25) is 0 Å². The smallest absolute Gasteiger partial charge is 0.355 e. The standard InChI is InChI=1S/C14H16N2O2S/c15-11-7-13(16(8-11)12-1-2-12)14(17)18-5-3-10-4-6-19-9-10/h4,6-9,12H,1-3,5,15H2. The predicted octanol–water partition coefficient (Wildman–Crippen LogP) is 2.87. The summed E-state index contributed by atoms with van der Waals surface area (Å²) in [5, 5.41) is 4.09. The van der Waals surface area contributed by atoms with Gasteiger partial charge in [0.25, 0.3) is 0 Å². The van der Waals surface area contributed by atoms with Crippen LogP contribution in [0.4, 0.5) is 5.69 Å². The minimum absolute atomic E-state index is 0.279. The molecule has 2 heterocycles. The van der Waals surface area contributed by atoms with Crippen molar-refractivity contribution >= 4 is 23.0 Å². The highest BCUT2D eigenvalue weighted by Gasteiger charge is 2.28. The Hall–Kier alpha value is -1.75. The summed E-state index contributed by atoms with van der Waals surface area (Å²) < 4.78 is 7.27. The Labute approximate surface area is 115 Å². The van der Waals surface area contributed by atoms with Gasteiger partial charge in [-0.25, -0.2) is 4.79 Å². The Morgan fingerprint density at radius 2 is 2.37 bits per heavy atom. The fourth-order valence-electron chi connectivity index (χ4n) is 2.09. The van der Waals surface area contributed by atoms with E-state index in [4.69, 9.17) is 10.5 Å². The molecule has 0 atom stereocenters. The fraction of sp³-hybridized carbons (Fsp3) is 0.357. The maximum absolute atomic E-state index is 12.0. The van der Waals surface area contributed by atoms with Crippen LogP contribution in [0, 0.1) is 0 Å². The van der Waals surface area contributed by atoms with Crippen LogP contribution < -0.4 is 5.73 Å². The van der Waals surface area contributed by atoms with Crippen LogP contribution in [0.5, 0.6) is 0 Å². The van der Waals surface area contributed by atoms with E-state index in [0.29, 0.717) is 24.0 Å². The second-order valence-electron chi connectivity index (χ2n) is 4.81. The minimum Gasteiger partial charge on any atom is -0.461 e. The van der Waals surface area contributed by atoms with Gasteiger partial charge in [-0.3, -0.25) is 0 Å². The molecule has 2 N–H and O–H groups in total. The lowest BCUT2D eigenvalue weighted by Crippen LogP contribution is -2.12. The average Bonchev–Trinajstić information content (AvgIpc) is 2.96. The molecule has 4 nitrogen and oxygen atoms in total. The molecule has 1 fully saturated rings. The number of aromatic nitrogens is 1. The first-order chi connectivity index (χ1) is 9.24. The third-order valence-corrected chi connectivity index (χ3v) is 3.96. The van der Waals surface area contributed by atoms with Gasteiger partial charge < -0.3 is 15.0 Å². The van der Waals surface area contributed by atoms with E-state index in [0.717, 1.165) is 19.3 Å². The lowest BCUT2D eigenvalue weighted by atomic mass is 10.2. The van der Waals surface area contributed by atoms with E-state index in [1.165, 1.54) is 5.56 Å². The highest BCUT2D eigenvalue weighted by Crippen LogP contribution is 2.37. The number of hydrogen-bond donors (Lipinski definition) is 1. The fourth-order valence-corrected chi connectivity index (χ4v) is 2.79. The van der Waals surface area contributed by atoms with Gasteiger partial charge in [0.05, 0.1) is 12.3 Å². The highest BCUT2D eigenvalue weighted by atomic mass is 32.1. The first kappa shape index (κ1) is 12.3. The number of rotatable bonds is 5. The quantitative estimate of drug-likeness (QED) is 0.854. The Morgan fingerprint density at radius 1 is 1.53 bits per heavy atom. The molecular weight excluding hydrogens is 260 g/mol. The van der Waals surface area contributed by atoms with Gasteiger partial charge in [0.15, 0.2) is 0 Å². The van der Waals surface area contributed by atoms with E-state index in [1.807, 2.05) is 22.2 Å². The van der Waals surface area contributed by atoms with Crippen molar-refractivity contribution in [2.75, 3.05) is 12.3 Å². The number of nitrogens with zero attached hydrogens (tertiary/aromatic N) is 1. The molecule has 0 aliphatic heterocycles. The summed E-state index contributed by atoms with van der Waals surface area (Å²) in [5.41, 5.74) is 8.16. The lowest BCUT2D eigenvalue weighted by Gasteiger charge is -2.07. The number of carbonyl (C=O) groups is 1. The summed E-state index contributed by atoms with van der Waals surface area (Å²) in [4.78, 5) is 12.0. The van der Waals surface area contributed by atoms with Crippen LogP contribution in [-0.4, -0.2) is 17.1 Å². The summed E-state index contributed by atoms with van der Waals surface area (Å²) in [6.07, 6.45) is 4.81. The molecule has 0 bridgehead atoms. The molecule has 0 saturated heterocycles. The van der Waals surface area contributed by atoms with E-state index in [-0.39, 0.29) is 5.97 Å². The molecule has 3 rings (SSSR count). The van der Waals surface area contributed by atoms with Crippen molar-refractivity contribution in [3.8, 4) is 0 Å². The van der Waals surface area contributed by atoms with Crippen LogP contribution in [0.1, 0.15) is 34.9 Å². The number of nitrogen functional groups attached to an aromatic ring is 1. The number of thiophene rings is 1. The molecule has 5 heteroatoms. The Bertz CT molecular complexity index is 570. The molecule has 100 valence electrons. The van der Waals surface area contributed by atoms with Crippen LogP contribution >= 0.6 is 11.3 Å². The van der Waals surface area contributed by atoms with Gasteiger partial charge in [-0.2, -0.15) is 11.3 Å². The molecule has 1 aliphatic rings. The van der Waals surface area contributed by atoms with Crippen molar-refractivity contribution in [3.63, 3.8) is 0 Å². The molecule has 0 amide bonds. The molecule has 2 aromatic heterocycles. The molecule has 1 aliphatic carbocycles. The summed E-state index contributed by atoms with van der Waals surface area (Å²) in [6, 6.07) is 4.17. The second kappa shape index (κ2) is 5.09. The molecular formula is C14H16N2O2S. The monoisotopic (exact) mass is 276 g/mol. The zero-order valence-corrected chi connectivity index (χ0v) is 11.4. The Kier molecular flexibility index (Phi) is 3.29. The van der Waals surface area contributed by atoms with Crippen LogP contribution in [0.15, 0.2) is 29.1 Å². The van der Waals surface area contributed by atoms with Crippen LogP contribution in [0.25, 0.3) is 0 Å². The molecule has 19 heavy (non-hydrogen) atoms. The largest absolute Gasteiger partial charge is 0.461 e. The van der Waals surface area contributed by atoms with Gasteiger partial charge in [0, 0.05) is 18.7 Å². The predicted molar refractivity (Wildman–Crippen MR) is 75.4 cm³/mol. The van der Waals surface area contributed by atoms with Crippen molar-refractivity contribution in [2.24, 2.45) is 0 Å². The van der Waals surface area contributed by atoms with Gasteiger partial charge in [-0.1, -0.05) is 0 Å². The zero-order valence-electron chi connectivity index (χ0n) is 10.5. The maximum atomic E-state index is 12.0. The van der Waals surface area contributed by atoms with Crippen LogP contribution in [0.3, 0.4) is 0 Å². The topological polar surface area (TPSA) is 57.3 Å². The van der Waals surface area contributed by atoms with Crippen molar-refractivity contribution in [2.45, 2.75) is 25.3 Å². The van der Waals surface area contributed by atoms with E-state index in [2.05, 4.69) is 5.38 Å². The first-order valence-electron chi connectivity index (χ1n) is 6.39. The number of esters is 1. The van der Waals surface area contributed by atoms with Gasteiger partial charge in [0.1, 0.15) is 5.69 Å².